The number of methoxy groups -OCH3 is 1. The first kappa shape index (κ1) is 13.0. The fourth-order valence-corrected chi connectivity index (χ4v) is 2.56. The summed E-state index contributed by atoms with van der Waals surface area (Å²) in [5, 5.41) is 10.1. The van der Waals surface area contributed by atoms with E-state index in [4.69, 9.17) is 4.74 Å². The summed E-state index contributed by atoms with van der Waals surface area (Å²) in [6.07, 6.45) is 3.39. The molecule has 0 aromatic carbocycles. The van der Waals surface area contributed by atoms with Gasteiger partial charge < -0.3 is 9.84 Å². The van der Waals surface area contributed by atoms with Gasteiger partial charge in [-0.3, -0.25) is 9.97 Å². The van der Waals surface area contributed by atoms with E-state index in [1.54, 1.807) is 25.0 Å². The Bertz CT molecular complexity index is 526. The van der Waals surface area contributed by atoms with Crippen LogP contribution in [0.4, 0.5) is 0 Å². The van der Waals surface area contributed by atoms with Crippen LogP contribution in [0.15, 0.2) is 17.9 Å². The van der Waals surface area contributed by atoms with E-state index in [9.17, 15) is 5.11 Å². The molecule has 5 heteroatoms. The molecule has 0 aliphatic heterocycles. The number of ether oxygens (including phenoxy) is 1. The van der Waals surface area contributed by atoms with Crippen molar-refractivity contribution >= 4 is 11.3 Å². The Morgan fingerprint density at radius 2 is 2.17 bits per heavy atom. The molecule has 1 unspecified atom stereocenters. The first-order valence-corrected chi connectivity index (χ1v) is 6.57. The molecular formula is C13H16N2O2S. The second-order valence-electron chi connectivity index (χ2n) is 4.17. The number of thiazole rings is 1. The van der Waals surface area contributed by atoms with Crippen LogP contribution in [-0.2, 0) is 6.42 Å². The first-order valence-electron chi connectivity index (χ1n) is 5.69. The van der Waals surface area contributed by atoms with Crippen LogP contribution < -0.4 is 4.74 Å². The van der Waals surface area contributed by atoms with Gasteiger partial charge in [-0.05, 0) is 13.8 Å². The predicted molar refractivity (Wildman–Crippen MR) is 71.0 cm³/mol. The third-order valence-electron chi connectivity index (χ3n) is 2.92. The molecule has 0 aliphatic carbocycles. The summed E-state index contributed by atoms with van der Waals surface area (Å²) < 4.78 is 5.36. The molecule has 18 heavy (non-hydrogen) atoms. The minimum Gasteiger partial charge on any atom is -0.496 e. The maximum Gasteiger partial charge on any atom is 0.128 e. The van der Waals surface area contributed by atoms with Crippen LogP contribution in [0.5, 0.6) is 5.75 Å². The molecule has 0 bridgehead atoms. The first-order chi connectivity index (χ1) is 8.63. The highest BCUT2D eigenvalue weighted by Gasteiger charge is 2.15. The minimum absolute atomic E-state index is 0.477. The fourth-order valence-electron chi connectivity index (χ4n) is 1.95. The standard InChI is InChI=1S/C13H16N2O2S/c1-8-5-15-10(9(2)13(8)17-3)4-11(16)12-6-14-7-18-12/h5-7,11,16H,4H2,1-3H3. The van der Waals surface area contributed by atoms with Gasteiger partial charge in [-0.2, -0.15) is 0 Å². The van der Waals surface area contributed by atoms with Crippen molar-refractivity contribution in [3.05, 3.63) is 39.6 Å². The molecular weight excluding hydrogens is 248 g/mol. The van der Waals surface area contributed by atoms with Crippen molar-refractivity contribution in [1.82, 2.24) is 9.97 Å². The molecule has 2 aromatic rings. The second kappa shape index (κ2) is 5.46. The van der Waals surface area contributed by atoms with E-state index in [-0.39, 0.29) is 0 Å². The lowest BCUT2D eigenvalue weighted by atomic mass is 10.1. The van der Waals surface area contributed by atoms with Crippen molar-refractivity contribution in [2.24, 2.45) is 0 Å². The summed E-state index contributed by atoms with van der Waals surface area (Å²) in [4.78, 5) is 9.21. The molecule has 2 heterocycles. The van der Waals surface area contributed by atoms with Crippen LogP contribution in [0, 0.1) is 13.8 Å². The van der Waals surface area contributed by atoms with E-state index >= 15 is 0 Å². The van der Waals surface area contributed by atoms with E-state index in [0.717, 1.165) is 27.4 Å². The van der Waals surface area contributed by atoms with E-state index < -0.39 is 6.10 Å². The van der Waals surface area contributed by atoms with Gasteiger partial charge in [0.05, 0.1) is 23.6 Å². The topological polar surface area (TPSA) is 55.2 Å². The molecule has 0 aliphatic rings. The van der Waals surface area contributed by atoms with Crippen LogP contribution in [0.3, 0.4) is 0 Å². The summed E-state index contributed by atoms with van der Waals surface area (Å²) in [5.41, 5.74) is 4.57. The van der Waals surface area contributed by atoms with Crippen molar-refractivity contribution in [2.45, 2.75) is 26.4 Å². The molecule has 96 valence electrons. The summed E-state index contributed by atoms with van der Waals surface area (Å²) in [5.74, 6) is 0.844. The summed E-state index contributed by atoms with van der Waals surface area (Å²) in [6, 6.07) is 0. The minimum atomic E-state index is -0.559. The Balaban J connectivity index is 2.24. The molecule has 0 amide bonds. The molecule has 0 fully saturated rings. The molecule has 1 atom stereocenters. The van der Waals surface area contributed by atoms with Crippen molar-refractivity contribution in [3.8, 4) is 5.75 Å². The van der Waals surface area contributed by atoms with Gasteiger partial charge in [-0.15, -0.1) is 11.3 Å². The van der Waals surface area contributed by atoms with Gasteiger partial charge in [0, 0.05) is 35.6 Å². The zero-order chi connectivity index (χ0) is 13.1. The summed E-state index contributed by atoms with van der Waals surface area (Å²) in [6.45, 7) is 3.93. The van der Waals surface area contributed by atoms with Gasteiger partial charge in [0.25, 0.3) is 0 Å². The average Bonchev–Trinajstić information content (AvgIpc) is 2.87. The lowest BCUT2D eigenvalue weighted by molar-refractivity contribution is 0.180. The monoisotopic (exact) mass is 264 g/mol. The van der Waals surface area contributed by atoms with Gasteiger partial charge in [-0.1, -0.05) is 0 Å². The third kappa shape index (κ3) is 2.52. The zero-order valence-corrected chi connectivity index (χ0v) is 11.5. The number of rotatable bonds is 4. The summed E-state index contributed by atoms with van der Waals surface area (Å²) in [7, 11) is 1.65. The van der Waals surface area contributed by atoms with Crippen LogP contribution in [0.25, 0.3) is 0 Å². The Morgan fingerprint density at radius 3 is 2.78 bits per heavy atom. The smallest absolute Gasteiger partial charge is 0.128 e. The molecule has 2 aromatic heterocycles. The Hall–Kier alpha value is -1.46. The quantitative estimate of drug-likeness (QED) is 0.921. The van der Waals surface area contributed by atoms with Crippen LogP contribution in [0.2, 0.25) is 0 Å². The van der Waals surface area contributed by atoms with Crippen LogP contribution in [-0.4, -0.2) is 22.2 Å². The van der Waals surface area contributed by atoms with Gasteiger partial charge in [0.15, 0.2) is 0 Å². The molecule has 0 spiro atoms. The van der Waals surface area contributed by atoms with Crippen LogP contribution >= 0.6 is 11.3 Å². The number of aryl methyl sites for hydroxylation is 1. The van der Waals surface area contributed by atoms with Gasteiger partial charge in [-0.25, -0.2) is 0 Å². The number of pyridine rings is 1. The number of hydrogen-bond donors (Lipinski definition) is 1. The summed E-state index contributed by atoms with van der Waals surface area (Å²) >= 11 is 1.45. The third-order valence-corrected chi connectivity index (χ3v) is 3.79. The predicted octanol–water partition coefficient (Wildman–Crippen LogP) is 2.44. The lowest BCUT2D eigenvalue weighted by Gasteiger charge is -2.14. The second-order valence-corrected chi connectivity index (χ2v) is 5.09. The lowest BCUT2D eigenvalue weighted by Crippen LogP contribution is -2.05. The van der Waals surface area contributed by atoms with E-state index in [2.05, 4.69) is 9.97 Å². The Labute approximate surface area is 110 Å². The maximum atomic E-state index is 10.1. The average molecular weight is 264 g/mol. The largest absolute Gasteiger partial charge is 0.496 e. The van der Waals surface area contributed by atoms with E-state index in [1.807, 2.05) is 13.8 Å². The Kier molecular flexibility index (Phi) is 3.93. The fraction of sp³-hybridized carbons (Fsp3) is 0.385. The molecule has 2 rings (SSSR count). The highest BCUT2D eigenvalue weighted by Crippen LogP contribution is 2.28. The van der Waals surface area contributed by atoms with Crippen molar-refractivity contribution in [3.63, 3.8) is 0 Å². The van der Waals surface area contributed by atoms with Gasteiger partial charge in [0.1, 0.15) is 5.75 Å². The number of aliphatic hydroxyl groups is 1. The van der Waals surface area contributed by atoms with Crippen molar-refractivity contribution in [1.29, 1.82) is 0 Å². The van der Waals surface area contributed by atoms with Crippen LogP contribution in [0.1, 0.15) is 27.8 Å². The van der Waals surface area contributed by atoms with Gasteiger partial charge in [0.2, 0.25) is 0 Å². The molecule has 0 saturated carbocycles. The number of nitrogens with zero attached hydrogens (tertiary/aromatic N) is 2. The van der Waals surface area contributed by atoms with E-state index in [1.165, 1.54) is 11.3 Å². The molecule has 0 radical (unpaired) electrons. The van der Waals surface area contributed by atoms with E-state index in [0.29, 0.717) is 6.42 Å². The normalized spacial score (nSPS) is 12.4. The van der Waals surface area contributed by atoms with Crippen molar-refractivity contribution < 1.29 is 9.84 Å². The Morgan fingerprint density at radius 1 is 1.39 bits per heavy atom. The molecule has 0 saturated heterocycles. The zero-order valence-electron chi connectivity index (χ0n) is 10.7. The highest BCUT2D eigenvalue weighted by molar-refractivity contribution is 7.09. The SMILES string of the molecule is COc1c(C)cnc(CC(O)c2cncs2)c1C. The van der Waals surface area contributed by atoms with Gasteiger partial charge >= 0.3 is 0 Å². The van der Waals surface area contributed by atoms with Crippen molar-refractivity contribution in [2.75, 3.05) is 7.11 Å². The number of hydrogen-bond acceptors (Lipinski definition) is 5. The number of aliphatic hydroxyl groups excluding tert-OH is 1. The molecule has 1 N–H and O–H groups in total. The number of aromatic nitrogens is 2. The molecule has 4 nitrogen and oxygen atoms in total. The highest BCUT2D eigenvalue weighted by atomic mass is 32.1. The maximum absolute atomic E-state index is 10.1.